The van der Waals surface area contributed by atoms with Crippen molar-refractivity contribution in [3.8, 4) is 0 Å². The number of rotatable bonds is 2. The van der Waals surface area contributed by atoms with Gasteiger partial charge in [0.1, 0.15) is 0 Å². The van der Waals surface area contributed by atoms with Gasteiger partial charge in [0.15, 0.2) is 5.79 Å². The van der Waals surface area contributed by atoms with Crippen LogP contribution in [0.15, 0.2) is 18.5 Å². The van der Waals surface area contributed by atoms with Crippen LogP contribution < -0.4 is 0 Å². The quantitative estimate of drug-likeness (QED) is 0.823. The number of hydrogen-bond donors (Lipinski definition) is 0. The van der Waals surface area contributed by atoms with E-state index in [2.05, 4.69) is 9.88 Å². The van der Waals surface area contributed by atoms with E-state index in [-0.39, 0.29) is 5.79 Å². The first-order valence-corrected chi connectivity index (χ1v) is 6.74. The highest BCUT2D eigenvalue weighted by Crippen LogP contribution is 2.32. The van der Waals surface area contributed by atoms with Gasteiger partial charge in [-0.05, 0) is 11.6 Å². The second-order valence-electron chi connectivity index (χ2n) is 4.85. The van der Waals surface area contributed by atoms with Gasteiger partial charge in [0.2, 0.25) is 0 Å². The zero-order valence-corrected chi connectivity index (χ0v) is 11.0. The largest absolute Gasteiger partial charge is 0.347 e. The maximum atomic E-state index is 6.13. The minimum atomic E-state index is -0.293. The van der Waals surface area contributed by atoms with Gasteiger partial charge in [-0.25, -0.2) is 0 Å². The standard InChI is InChI=1S/C13H17ClN2O2/c14-12-9-15-4-1-11(12)10-16-5-2-13(3-6-16)17-7-8-18-13/h1,4,9H,2-3,5-8,10H2. The van der Waals surface area contributed by atoms with Crippen LogP contribution >= 0.6 is 11.6 Å². The van der Waals surface area contributed by atoms with Crippen LogP contribution in [0.1, 0.15) is 18.4 Å². The molecule has 2 fully saturated rings. The highest BCUT2D eigenvalue weighted by Gasteiger charge is 2.39. The molecule has 0 amide bonds. The number of aromatic nitrogens is 1. The van der Waals surface area contributed by atoms with Crippen molar-refractivity contribution in [2.75, 3.05) is 26.3 Å². The van der Waals surface area contributed by atoms with Gasteiger partial charge >= 0.3 is 0 Å². The third kappa shape index (κ3) is 2.52. The monoisotopic (exact) mass is 268 g/mol. The van der Waals surface area contributed by atoms with E-state index in [0.717, 1.165) is 56.3 Å². The van der Waals surface area contributed by atoms with Crippen LogP contribution in [0.2, 0.25) is 5.02 Å². The summed E-state index contributed by atoms with van der Waals surface area (Å²) < 4.78 is 11.4. The molecular formula is C13H17ClN2O2. The molecule has 0 aliphatic carbocycles. The summed E-state index contributed by atoms with van der Waals surface area (Å²) >= 11 is 6.13. The van der Waals surface area contributed by atoms with Gasteiger partial charge in [0.25, 0.3) is 0 Å². The molecular weight excluding hydrogens is 252 g/mol. The van der Waals surface area contributed by atoms with E-state index < -0.39 is 0 Å². The van der Waals surface area contributed by atoms with Crippen LogP contribution in [0.5, 0.6) is 0 Å². The number of pyridine rings is 1. The first kappa shape index (κ1) is 12.4. The first-order chi connectivity index (χ1) is 8.77. The average Bonchev–Trinajstić information content (AvgIpc) is 2.84. The van der Waals surface area contributed by atoms with E-state index in [0.29, 0.717) is 0 Å². The van der Waals surface area contributed by atoms with Gasteiger partial charge in [-0.1, -0.05) is 11.6 Å². The third-order valence-electron chi connectivity index (χ3n) is 3.68. The van der Waals surface area contributed by atoms with E-state index >= 15 is 0 Å². The van der Waals surface area contributed by atoms with Crippen molar-refractivity contribution < 1.29 is 9.47 Å². The maximum Gasteiger partial charge on any atom is 0.170 e. The fourth-order valence-corrected chi connectivity index (χ4v) is 2.79. The third-order valence-corrected chi connectivity index (χ3v) is 4.02. The predicted octanol–water partition coefficient (Wildman–Crippen LogP) is 2.07. The van der Waals surface area contributed by atoms with Crippen molar-refractivity contribution in [3.63, 3.8) is 0 Å². The summed E-state index contributed by atoms with van der Waals surface area (Å²) in [5.41, 5.74) is 1.14. The van der Waals surface area contributed by atoms with E-state index in [4.69, 9.17) is 21.1 Å². The molecule has 0 unspecified atom stereocenters. The molecule has 2 aliphatic rings. The van der Waals surface area contributed by atoms with E-state index in [1.54, 1.807) is 12.4 Å². The number of piperidine rings is 1. The molecule has 0 aromatic carbocycles. The predicted molar refractivity (Wildman–Crippen MR) is 68.4 cm³/mol. The fraction of sp³-hybridized carbons (Fsp3) is 0.615. The van der Waals surface area contributed by atoms with Gasteiger partial charge < -0.3 is 9.47 Å². The van der Waals surface area contributed by atoms with Crippen LogP contribution in [0.4, 0.5) is 0 Å². The summed E-state index contributed by atoms with van der Waals surface area (Å²) in [6.45, 7) is 4.31. The molecule has 0 N–H and O–H groups in total. The molecule has 3 rings (SSSR count). The molecule has 2 aliphatic heterocycles. The zero-order valence-electron chi connectivity index (χ0n) is 10.3. The molecule has 0 saturated carbocycles. The summed E-state index contributed by atoms with van der Waals surface area (Å²) in [4.78, 5) is 6.39. The average molecular weight is 269 g/mol. The van der Waals surface area contributed by atoms with Crippen LogP contribution in [0.25, 0.3) is 0 Å². The molecule has 18 heavy (non-hydrogen) atoms. The molecule has 1 aromatic rings. The lowest BCUT2D eigenvalue weighted by Gasteiger charge is -2.37. The molecule has 0 radical (unpaired) electrons. The number of ether oxygens (including phenoxy) is 2. The normalized spacial score (nSPS) is 23.6. The van der Waals surface area contributed by atoms with Gasteiger partial charge in [0, 0.05) is 44.9 Å². The molecule has 98 valence electrons. The van der Waals surface area contributed by atoms with Crippen LogP contribution in [-0.4, -0.2) is 42.0 Å². The van der Waals surface area contributed by atoms with Gasteiger partial charge in [-0.15, -0.1) is 0 Å². The lowest BCUT2D eigenvalue weighted by Crippen LogP contribution is -2.44. The highest BCUT2D eigenvalue weighted by atomic mass is 35.5. The Balaban J connectivity index is 1.59. The van der Waals surface area contributed by atoms with Gasteiger partial charge in [0.05, 0.1) is 18.2 Å². The molecule has 0 atom stereocenters. The Bertz CT molecular complexity index is 411. The fourth-order valence-electron chi connectivity index (χ4n) is 2.61. The Kier molecular flexibility index (Phi) is 3.52. The molecule has 3 heterocycles. The summed E-state index contributed by atoms with van der Waals surface area (Å²) in [7, 11) is 0. The van der Waals surface area contributed by atoms with E-state index in [1.807, 2.05) is 6.07 Å². The molecule has 4 nitrogen and oxygen atoms in total. The van der Waals surface area contributed by atoms with Gasteiger partial charge in [-0.3, -0.25) is 9.88 Å². The lowest BCUT2D eigenvalue weighted by atomic mass is 10.0. The minimum absolute atomic E-state index is 0.293. The Hall–Kier alpha value is -0.680. The Morgan fingerprint density at radius 2 is 2.00 bits per heavy atom. The lowest BCUT2D eigenvalue weighted by molar-refractivity contribution is -0.185. The van der Waals surface area contributed by atoms with E-state index in [1.165, 1.54) is 0 Å². The summed E-state index contributed by atoms with van der Waals surface area (Å²) in [5.74, 6) is -0.293. The minimum Gasteiger partial charge on any atom is -0.347 e. The number of likely N-dealkylation sites (tertiary alicyclic amines) is 1. The maximum absolute atomic E-state index is 6.13. The smallest absolute Gasteiger partial charge is 0.170 e. The SMILES string of the molecule is Clc1cnccc1CN1CCC2(CC1)OCCO2. The highest BCUT2D eigenvalue weighted by molar-refractivity contribution is 6.31. The summed E-state index contributed by atoms with van der Waals surface area (Å²) in [6.07, 6.45) is 5.37. The number of halogens is 1. The topological polar surface area (TPSA) is 34.6 Å². The Labute approximate surface area is 112 Å². The molecule has 1 aromatic heterocycles. The molecule has 2 saturated heterocycles. The second kappa shape index (κ2) is 5.13. The van der Waals surface area contributed by atoms with Crippen molar-refractivity contribution in [1.29, 1.82) is 0 Å². The summed E-state index contributed by atoms with van der Waals surface area (Å²) in [5, 5.41) is 0.742. The van der Waals surface area contributed by atoms with E-state index in [9.17, 15) is 0 Å². The van der Waals surface area contributed by atoms with Crippen LogP contribution in [0, 0.1) is 0 Å². The Morgan fingerprint density at radius 3 is 2.67 bits per heavy atom. The second-order valence-corrected chi connectivity index (χ2v) is 5.26. The van der Waals surface area contributed by atoms with Crippen molar-refractivity contribution in [3.05, 3.63) is 29.0 Å². The number of nitrogens with zero attached hydrogens (tertiary/aromatic N) is 2. The van der Waals surface area contributed by atoms with Crippen molar-refractivity contribution in [2.45, 2.75) is 25.2 Å². The molecule has 1 spiro atoms. The van der Waals surface area contributed by atoms with Crippen molar-refractivity contribution in [1.82, 2.24) is 9.88 Å². The summed E-state index contributed by atoms with van der Waals surface area (Å²) in [6, 6.07) is 1.98. The number of hydrogen-bond acceptors (Lipinski definition) is 4. The Morgan fingerprint density at radius 1 is 1.28 bits per heavy atom. The molecule has 0 bridgehead atoms. The van der Waals surface area contributed by atoms with Crippen LogP contribution in [-0.2, 0) is 16.0 Å². The van der Waals surface area contributed by atoms with Crippen molar-refractivity contribution in [2.24, 2.45) is 0 Å². The zero-order chi connectivity index (χ0) is 12.4. The van der Waals surface area contributed by atoms with Gasteiger partial charge in [-0.2, -0.15) is 0 Å². The molecule has 5 heteroatoms. The van der Waals surface area contributed by atoms with Crippen LogP contribution in [0.3, 0.4) is 0 Å². The van der Waals surface area contributed by atoms with Crippen molar-refractivity contribution >= 4 is 11.6 Å². The first-order valence-electron chi connectivity index (χ1n) is 6.36.